The molecule has 1 saturated carbocycles. The van der Waals surface area contributed by atoms with E-state index in [9.17, 15) is 19.2 Å². The molecule has 2 fully saturated rings. The van der Waals surface area contributed by atoms with Crippen molar-refractivity contribution in [3.05, 3.63) is 65.2 Å². The average Bonchev–Trinajstić information content (AvgIpc) is 3.12. The normalized spacial score (nSPS) is 24.5. The molecule has 0 radical (unpaired) electrons. The van der Waals surface area contributed by atoms with Gasteiger partial charge in [0.15, 0.2) is 0 Å². The zero-order valence-electron chi connectivity index (χ0n) is 28.8. The van der Waals surface area contributed by atoms with Gasteiger partial charge in [-0.05, 0) is 86.6 Å². The molecular formula is C38H53N5O5S. The molecule has 4 atom stereocenters. The van der Waals surface area contributed by atoms with Crippen molar-refractivity contribution in [2.45, 2.75) is 107 Å². The molecule has 2 aromatic carbocycles. The van der Waals surface area contributed by atoms with E-state index in [-0.39, 0.29) is 36.6 Å². The van der Waals surface area contributed by atoms with Gasteiger partial charge in [0.25, 0.3) is 0 Å². The molecule has 10 nitrogen and oxygen atoms in total. The van der Waals surface area contributed by atoms with Gasteiger partial charge in [-0.2, -0.15) is 12.6 Å². The Morgan fingerprint density at radius 2 is 1.78 bits per heavy atom. The minimum absolute atomic E-state index is 0.164. The summed E-state index contributed by atoms with van der Waals surface area (Å²) in [7, 11) is 0. The lowest BCUT2D eigenvalue weighted by Crippen LogP contribution is -2.60. The average molecular weight is 692 g/mol. The van der Waals surface area contributed by atoms with Crippen molar-refractivity contribution >= 4 is 36.3 Å². The zero-order chi connectivity index (χ0) is 34.6. The van der Waals surface area contributed by atoms with E-state index < -0.39 is 23.2 Å². The molecule has 2 aromatic rings. The number of hydrogen-bond acceptors (Lipinski definition) is 7. The first-order chi connectivity index (χ1) is 23.8. The summed E-state index contributed by atoms with van der Waals surface area (Å²) < 4.78 is 6.13. The Morgan fingerprint density at radius 3 is 2.57 bits per heavy atom. The second-order valence-corrected chi connectivity index (χ2v) is 14.4. The number of nitrogens with one attached hydrogen (secondary N) is 4. The van der Waals surface area contributed by atoms with Crippen LogP contribution in [-0.4, -0.2) is 78.1 Å². The zero-order valence-corrected chi connectivity index (χ0v) is 29.6. The largest absolute Gasteiger partial charge is 0.494 e. The van der Waals surface area contributed by atoms with Crippen LogP contribution in [0, 0.1) is 12.8 Å². The van der Waals surface area contributed by atoms with Crippen molar-refractivity contribution in [3.63, 3.8) is 0 Å². The monoisotopic (exact) mass is 691 g/mol. The highest BCUT2D eigenvalue weighted by Gasteiger charge is 2.38. The molecule has 2 heterocycles. The fourth-order valence-corrected chi connectivity index (χ4v) is 7.50. The number of amides is 4. The van der Waals surface area contributed by atoms with Gasteiger partial charge >= 0.3 is 0 Å². The van der Waals surface area contributed by atoms with Gasteiger partial charge in [-0.3, -0.25) is 19.2 Å². The Hall–Kier alpha value is -3.57. The third kappa shape index (κ3) is 11.0. The first-order valence-electron chi connectivity index (χ1n) is 18.1. The Morgan fingerprint density at radius 1 is 0.980 bits per heavy atom. The standard InChI is InChI=1S/C38H53N5O5S/c1-26-14-16-31-23-29(26)24-40-36(45)32(17-15-27-9-4-2-5-10-27)41-37(46)34(42-33(44)18-20-39-30-12-6-3-7-13-30)35(49)38(47)43-21-8-11-28(25-43)19-22-48-31/h2,4-5,9-10,14,16,23,28,30,32,34-35,39,49H,3,6-8,11-13,15,17-22,24-25H2,1H3,(H,40,45)(H,41,46)(H,42,44)/t28?,32-,34-,35?/m0/s1. The molecule has 5 rings (SSSR count). The van der Waals surface area contributed by atoms with Crippen LogP contribution in [-0.2, 0) is 32.1 Å². The van der Waals surface area contributed by atoms with Crippen LogP contribution >= 0.6 is 12.6 Å². The maximum Gasteiger partial charge on any atom is 0.244 e. The minimum atomic E-state index is -1.26. The fourth-order valence-electron chi connectivity index (χ4n) is 7.12. The lowest BCUT2D eigenvalue weighted by atomic mass is 9.94. The number of thiol groups is 1. The maximum atomic E-state index is 14.1. The molecule has 0 spiro atoms. The SMILES string of the molecule is Cc1ccc2cc1CNC(=O)[C@H](CCc1ccccc1)NC(=O)[C@@H](NC(=O)CCNC1CCCCC1)C(S)C(=O)N1CCCC(CCO2)C1. The quantitative estimate of drug-likeness (QED) is 0.268. The molecule has 4 amide bonds. The molecular weight excluding hydrogens is 639 g/mol. The Bertz CT molecular complexity index is 1420. The van der Waals surface area contributed by atoms with Crippen LogP contribution in [0.5, 0.6) is 5.75 Å². The first kappa shape index (κ1) is 36.7. The predicted molar refractivity (Wildman–Crippen MR) is 193 cm³/mol. The van der Waals surface area contributed by atoms with Crippen molar-refractivity contribution < 1.29 is 23.9 Å². The summed E-state index contributed by atoms with van der Waals surface area (Å²) in [6.07, 6.45) is 9.44. The van der Waals surface area contributed by atoms with Crippen LogP contribution in [0.2, 0.25) is 0 Å². The van der Waals surface area contributed by atoms with Gasteiger partial charge in [0, 0.05) is 38.6 Å². The number of aryl methyl sites for hydroxylation is 2. The van der Waals surface area contributed by atoms with E-state index in [1.807, 2.05) is 55.5 Å². The van der Waals surface area contributed by atoms with E-state index in [0.717, 1.165) is 54.5 Å². The molecule has 4 N–H and O–H groups in total. The van der Waals surface area contributed by atoms with Gasteiger partial charge in [-0.1, -0.05) is 55.7 Å². The molecule has 3 aliphatic rings. The number of piperidine rings is 1. The van der Waals surface area contributed by atoms with Gasteiger partial charge in [-0.15, -0.1) is 0 Å². The van der Waals surface area contributed by atoms with Crippen LogP contribution in [0.1, 0.15) is 80.9 Å². The van der Waals surface area contributed by atoms with E-state index in [2.05, 4.69) is 21.3 Å². The van der Waals surface area contributed by atoms with Gasteiger partial charge in [0.1, 0.15) is 23.1 Å². The number of nitrogens with zero attached hydrogens (tertiary/aromatic N) is 1. The van der Waals surface area contributed by atoms with Gasteiger partial charge in [0.2, 0.25) is 23.6 Å². The molecule has 1 aliphatic carbocycles. The summed E-state index contributed by atoms with van der Waals surface area (Å²) in [6, 6.07) is 13.9. The summed E-state index contributed by atoms with van der Waals surface area (Å²) in [5.41, 5.74) is 2.98. The van der Waals surface area contributed by atoms with E-state index in [1.165, 1.54) is 19.3 Å². The molecule has 2 unspecified atom stereocenters. The third-order valence-electron chi connectivity index (χ3n) is 10.2. The lowest BCUT2D eigenvalue weighted by Gasteiger charge is -2.36. The first-order valence-corrected chi connectivity index (χ1v) is 18.6. The van der Waals surface area contributed by atoms with E-state index in [0.29, 0.717) is 45.1 Å². The predicted octanol–water partition coefficient (Wildman–Crippen LogP) is 3.85. The number of benzene rings is 2. The molecule has 0 aromatic heterocycles. The summed E-state index contributed by atoms with van der Waals surface area (Å²) >= 11 is 4.69. The molecule has 4 bridgehead atoms. The Kier molecular flexibility index (Phi) is 13.8. The summed E-state index contributed by atoms with van der Waals surface area (Å²) in [5, 5.41) is 11.1. The number of hydrogen-bond donors (Lipinski definition) is 5. The van der Waals surface area contributed by atoms with Crippen molar-refractivity contribution in [3.8, 4) is 5.75 Å². The number of rotatable bonds is 8. The molecule has 49 heavy (non-hydrogen) atoms. The molecule has 266 valence electrons. The van der Waals surface area contributed by atoms with Crippen LogP contribution in [0.3, 0.4) is 0 Å². The second kappa shape index (κ2) is 18.4. The smallest absolute Gasteiger partial charge is 0.244 e. The second-order valence-electron chi connectivity index (χ2n) is 13.9. The van der Waals surface area contributed by atoms with Crippen LogP contribution in [0.15, 0.2) is 48.5 Å². The number of fused-ring (bicyclic) bond motifs is 4. The summed E-state index contributed by atoms with van der Waals surface area (Å²) in [5.74, 6) is -0.612. The highest BCUT2D eigenvalue weighted by atomic mass is 32.1. The van der Waals surface area contributed by atoms with Gasteiger partial charge in [-0.25, -0.2) is 0 Å². The summed E-state index contributed by atoms with van der Waals surface area (Å²) in [4.78, 5) is 56.8. The van der Waals surface area contributed by atoms with Crippen molar-refractivity contribution in [2.24, 2.45) is 5.92 Å². The maximum absolute atomic E-state index is 14.1. The van der Waals surface area contributed by atoms with Crippen LogP contribution in [0.25, 0.3) is 0 Å². The Balaban J connectivity index is 1.37. The highest BCUT2D eigenvalue weighted by Crippen LogP contribution is 2.24. The minimum Gasteiger partial charge on any atom is -0.494 e. The van der Waals surface area contributed by atoms with E-state index >= 15 is 0 Å². The number of ether oxygens (including phenoxy) is 1. The van der Waals surface area contributed by atoms with Gasteiger partial charge < -0.3 is 30.9 Å². The molecule has 2 aliphatic heterocycles. The van der Waals surface area contributed by atoms with Crippen molar-refractivity contribution in [1.82, 2.24) is 26.2 Å². The fraction of sp³-hybridized carbons (Fsp3) is 0.579. The highest BCUT2D eigenvalue weighted by molar-refractivity contribution is 7.82. The van der Waals surface area contributed by atoms with Crippen LogP contribution < -0.4 is 26.0 Å². The molecule has 1 saturated heterocycles. The van der Waals surface area contributed by atoms with Crippen molar-refractivity contribution in [2.75, 3.05) is 26.2 Å². The van der Waals surface area contributed by atoms with Crippen LogP contribution in [0.4, 0.5) is 0 Å². The van der Waals surface area contributed by atoms with Crippen molar-refractivity contribution in [1.29, 1.82) is 0 Å². The van der Waals surface area contributed by atoms with Gasteiger partial charge in [0.05, 0.1) is 6.61 Å². The lowest BCUT2D eigenvalue weighted by molar-refractivity contribution is -0.137. The molecule has 11 heteroatoms. The number of carbonyl (C=O) groups excluding carboxylic acids is 4. The van der Waals surface area contributed by atoms with E-state index in [1.54, 1.807) is 4.90 Å². The summed E-state index contributed by atoms with van der Waals surface area (Å²) in [6.45, 7) is 4.33. The third-order valence-corrected chi connectivity index (χ3v) is 10.7. The Labute approximate surface area is 296 Å². The van der Waals surface area contributed by atoms with E-state index in [4.69, 9.17) is 17.4 Å². The topological polar surface area (TPSA) is 129 Å². The number of carbonyl (C=O) groups is 4.